The van der Waals surface area contributed by atoms with Gasteiger partial charge in [-0.1, -0.05) is 24.8 Å². The summed E-state index contributed by atoms with van der Waals surface area (Å²) in [5.74, 6) is 1.72. The third-order valence-corrected chi connectivity index (χ3v) is 6.03. The van der Waals surface area contributed by atoms with Crippen LogP contribution in [0.4, 0.5) is 5.82 Å². The number of aliphatic imine (C=N–C) groups is 1. The fraction of sp³-hybridized carbons (Fsp3) is 0.308. The summed E-state index contributed by atoms with van der Waals surface area (Å²) in [6.07, 6.45) is 12.2. The van der Waals surface area contributed by atoms with E-state index in [2.05, 4.69) is 21.9 Å². The first kappa shape index (κ1) is 23.2. The molecular weight excluding hydrogens is 430 g/mol. The standard InChI is InChI=1S/C26H29N5O3/c1-5-18-20(16-29-25(18)32)22(6-2)34-13-11-17-14-19-23(28-15-17)31(7-3)24-21(30(4)26(19)33)10-8-9-12-27-24/h5-6,9-10,12,14-15H,1,7-8,11,13,16H2,2-4H3,(H,29,32)/b22-6+. The van der Waals surface area contributed by atoms with E-state index in [0.29, 0.717) is 55.3 Å². The number of anilines is 1. The molecule has 1 aromatic heterocycles. The van der Waals surface area contributed by atoms with Gasteiger partial charge in [0.05, 0.1) is 17.9 Å². The molecule has 0 aliphatic carbocycles. The molecule has 0 saturated carbocycles. The van der Waals surface area contributed by atoms with Crippen molar-refractivity contribution in [3.63, 3.8) is 0 Å². The highest BCUT2D eigenvalue weighted by Crippen LogP contribution is 2.30. The lowest BCUT2D eigenvalue weighted by Gasteiger charge is -2.24. The molecular formula is C26H29N5O3. The van der Waals surface area contributed by atoms with E-state index >= 15 is 0 Å². The van der Waals surface area contributed by atoms with Crippen molar-refractivity contribution in [2.24, 2.45) is 4.99 Å². The number of nitrogens with zero attached hydrogens (tertiary/aromatic N) is 4. The number of aromatic nitrogens is 1. The number of carbonyl (C=O) groups excluding carboxylic acids is 2. The van der Waals surface area contributed by atoms with Gasteiger partial charge in [-0.05, 0) is 38.0 Å². The smallest absolute Gasteiger partial charge is 0.261 e. The summed E-state index contributed by atoms with van der Waals surface area (Å²) in [6, 6.07) is 1.89. The Balaban J connectivity index is 1.57. The van der Waals surface area contributed by atoms with Crippen LogP contribution in [0.25, 0.3) is 0 Å². The van der Waals surface area contributed by atoms with Crippen molar-refractivity contribution in [3.05, 3.63) is 83.1 Å². The van der Waals surface area contributed by atoms with E-state index in [1.54, 1.807) is 30.4 Å². The minimum atomic E-state index is -0.141. The van der Waals surface area contributed by atoms with Gasteiger partial charge in [0.1, 0.15) is 11.6 Å². The predicted molar refractivity (Wildman–Crippen MR) is 132 cm³/mol. The van der Waals surface area contributed by atoms with Crippen LogP contribution in [0.5, 0.6) is 0 Å². The first-order valence-electron chi connectivity index (χ1n) is 11.4. The van der Waals surface area contributed by atoms with Crippen LogP contribution in [-0.4, -0.2) is 54.3 Å². The van der Waals surface area contributed by atoms with E-state index in [9.17, 15) is 9.59 Å². The van der Waals surface area contributed by atoms with Gasteiger partial charge in [-0.2, -0.15) is 0 Å². The van der Waals surface area contributed by atoms with E-state index in [1.165, 1.54) is 0 Å². The number of allylic oxidation sites excluding steroid dienone is 3. The van der Waals surface area contributed by atoms with Crippen molar-refractivity contribution < 1.29 is 14.3 Å². The van der Waals surface area contributed by atoms with Gasteiger partial charge in [-0.15, -0.1) is 0 Å². The van der Waals surface area contributed by atoms with Crippen LogP contribution in [-0.2, 0) is 16.0 Å². The Bertz CT molecular complexity index is 1190. The highest BCUT2D eigenvalue weighted by molar-refractivity contribution is 6.17. The van der Waals surface area contributed by atoms with Gasteiger partial charge in [0.25, 0.3) is 11.8 Å². The second kappa shape index (κ2) is 9.91. The van der Waals surface area contributed by atoms with Crippen molar-refractivity contribution in [2.75, 3.05) is 31.6 Å². The van der Waals surface area contributed by atoms with Gasteiger partial charge in [0, 0.05) is 50.1 Å². The summed E-state index contributed by atoms with van der Waals surface area (Å²) in [6.45, 7) is 9.05. The molecule has 8 heteroatoms. The summed E-state index contributed by atoms with van der Waals surface area (Å²) >= 11 is 0. The van der Waals surface area contributed by atoms with Gasteiger partial charge in [0.2, 0.25) is 0 Å². The lowest BCUT2D eigenvalue weighted by Crippen LogP contribution is -2.35. The highest BCUT2D eigenvalue weighted by atomic mass is 16.5. The van der Waals surface area contributed by atoms with E-state index in [1.807, 2.05) is 43.0 Å². The minimum absolute atomic E-state index is 0.118. The van der Waals surface area contributed by atoms with Crippen LogP contribution in [0.1, 0.15) is 36.2 Å². The number of ether oxygens (including phenoxy) is 1. The monoisotopic (exact) mass is 459 g/mol. The number of hydrogen-bond acceptors (Lipinski definition) is 6. The Labute approximate surface area is 199 Å². The van der Waals surface area contributed by atoms with Crippen LogP contribution >= 0.6 is 0 Å². The van der Waals surface area contributed by atoms with Crippen molar-refractivity contribution in [2.45, 2.75) is 26.7 Å². The maximum atomic E-state index is 13.4. The Morgan fingerprint density at radius 2 is 2.18 bits per heavy atom. The Kier molecular flexibility index (Phi) is 6.77. The fourth-order valence-corrected chi connectivity index (χ4v) is 4.27. The lowest BCUT2D eigenvalue weighted by atomic mass is 10.1. The van der Waals surface area contributed by atoms with Crippen molar-refractivity contribution in [3.8, 4) is 0 Å². The Hall–Kier alpha value is -3.94. The Morgan fingerprint density at radius 3 is 2.91 bits per heavy atom. The average molecular weight is 460 g/mol. The molecule has 1 aromatic rings. The summed E-state index contributed by atoms with van der Waals surface area (Å²) < 4.78 is 6.00. The molecule has 3 aliphatic heterocycles. The Morgan fingerprint density at radius 1 is 1.35 bits per heavy atom. The minimum Gasteiger partial charge on any atom is -0.493 e. The molecule has 34 heavy (non-hydrogen) atoms. The van der Waals surface area contributed by atoms with Crippen molar-refractivity contribution in [1.82, 2.24) is 15.2 Å². The zero-order chi connectivity index (χ0) is 24.2. The van der Waals surface area contributed by atoms with E-state index in [4.69, 9.17) is 4.74 Å². The molecule has 3 aliphatic rings. The molecule has 1 N–H and O–H groups in total. The van der Waals surface area contributed by atoms with Crippen LogP contribution in [0, 0.1) is 0 Å². The van der Waals surface area contributed by atoms with Gasteiger partial charge in [-0.25, -0.2) is 9.98 Å². The number of carbonyl (C=O) groups is 2. The molecule has 4 heterocycles. The van der Waals surface area contributed by atoms with Crippen LogP contribution in [0.2, 0.25) is 0 Å². The number of likely N-dealkylation sites (N-methyl/N-ethyl adjacent to an activating group) is 2. The number of hydrogen-bond donors (Lipinski definition) is 1. The van der Waals surface area contributed by atoms with Crippen LogP contribution < -0.4 is 10.2 Å². The van der Waals surface area contributed by atoms with Gasteiger partial charge >= 0.3 is 0 Å². The molecule has 0 fully saturated rings. The molecule has 0 radical (unpaired) electrons. The molecule has 8 nitrogen and oxygen atoms in total. The third kappa shape index (κ3) is 4.19. The van der Waals surface area contributed by atoms with Crippen LogP contribution in [0.15, 0.2) is 76.9 Å². The van der Waals surface area contributed by atoms with Gasteiger partial charge in [0.15, 0.2) is 5.84 Å². The summed E-state index contributed by atoms with van der Waals surface area (Å²) in [5, 5.41) is 2.80. The second-order valence-electron chi connectivity index (χ2n) is 8.02. The third-order valence-electron chi connectivity index (χ3n) is 6.03. The maximum absolute atomic E-state index is 13.4. The summed E-state index contributed by atoms with van der Waals surface area (Å²) in [4.78, 5) is 38.2. The molecule has 176 valence electrons. The van der Waals surface area contributed by atoms with Gasteiger partial charge < -0.3 is 19.9 Å². The SMILES string of the molecule is C=CC1=C(/C(=C\C)OCCc2cnc3c(c2)C(=O)N(C)C2=CCC=CN=C2N3CC)CNC1=O. The second-order valence-corrected chi connectivity index (χ2v) is 8.02. The largest absolute Gasteiger partial charge is 0.493 e. The molecule has 4 rings (SSSR count). The van der Waals surface area contributed by atoms with E-state index in [0.717, 1.165) is 22.7 Å². The molecule has 0 bridgehead atoms. The number of fused-ring (bicyclic) bond motifs is 2. The highest BCUT2D eigenvalue weighted by Gasteiger charge is 2.33. The molecule has 2 amide bonds. The topological polar surface area (TPSA) is 87.1 Å². The quantitative estimate of drug-likeness (QED) is 0.633. The fourth-order valence-electron chi connectivity index (χ4n) is 4.27. The number of amides is 2. The number of nitrogens with one attached hydrogen (secondary N) is 1. The average Bonchev–Trinajstić information content (AvgIpc) is 3.02. The van der Waals surface area contributed by atoms with Crippen LogP contribution in [0.3, 0.4) is 0 Å². The summed E-state index contributed by atoms with van der Waals surface area (Å²) in [7, 11) is 1.77. The molecule has 0 unspecified atom stereocenters. The molecule has 0 aromatic carbocycles. The van der Waals surface area contributed by atoms with E-state index in [-0.39, 0.29) is 11.8 Å². The molecule has 0 saturated heterocycles. The van der Waals surface area contributed by atoms with E-state index < -0.39 is 0 Å². The normalized spacial score (nSPS) is 18.0. The number of pyridine rings is 1. The molecule has 0 atom stereocenters. The number of amidine groups is 1. The summed E-state index contributed by atoms with van der Waals surface area (Å²) in [5.41, 5.74) is 3.56. The maximum Gasteiger partial charge on any atom is 0.261 e. The lowest BCUT2D eigenvalue weighted by molar-refractivity contribution is -0.116. The zero-order valence-corrected chi connectivity index (χ0v) is 19.8. The first-order valence-corrected chi connectivity index (χ1v) is 11.4. The predicted octanol–water partition coefficient (Wildman–Crippen LogP) is 3.27. The van der Waals surface area contributed by atoms with Crippen molar-refractivity contribution in [1.29, 1.82) is 0 Å². The van der Waals surface area contributed by atoms with Gasteiger partial charge in [-0.3, -0.25) is 9.59 Å². The first-order chi connectivity index (χ1) is 16.5. The van der Waals surface area contributed by atoms with Crippen molar-refractivity contribution >= 4 is 23.5 Å². The molecule has 0 spiro atoms. The number of rotatable bonds is 7. The zero-order valence-electron chi connectivity index (χ0n) is 19.8.